The van der Waals surface area contributed by atoms with Gasteiger partial charge in [0.2, 0.25) is 0 Å². The number of hydrogen-bond acceptors (Lipinski definition) is 2. The summed E-state index contributed by atoms with van der Waals surface area (Å²) < 4.78 is 11.6. The summed E-state index contributed by atoms with van der Waals surface area (Å²) in [7, 11) is 0. The van der Waals surface area contributed by atoms with Gasteiger partial charge in [-0.1, -0.05) is 57.4 Å². The van der Waals surface area contributed by atoms with Crippen LogP contribution in [0.4, 0.5) is 0 Å². The molecule has 0 aromatic heterocycles. The predicted molar refractivity (Wildman–Crippen MR) is 76.7 cm³/mol. The van der Waals surface area contributed by atoms with Gasteiger partial charge in [-0.3, -0.25) is 0 Å². The lowest BCUT2D eigenvalue weighted by Gasteiger charge is -2.10. The monoisotopic (exact) mass is 394 g/mol. The third kappa shape index (κ3) is 4.84. The molecule has 0 bridgehead atoms. The average molecular weight is 395 g/mol. The summed E-state index contributed by atoms with van der Waals surface area (Å²) in [6.07, 6.45) is 0. The van der Waals surface area contributed by atoms with Crippen molar-refractivity contribution < 1.29 is 9.47 Å². The van der Waals surface area contributed by atoms with E-state index in [1.165, 1.54) is 0 Å². The maximum Gasteiger partial charge on any atom is 0.156 e. The Balaban J connectivity index is 2.47. The normalized spacial score (nSPS) is 10.5. The zero-order valence-corrected chi connectivity index (χ0v) is 12.7. The smallest absolute Gasteiger partial charge is 0.156 e. The van der Waals surface area contributed by atoms with Crippen LogP contribution in [0.25, 0.3) is 0 Å². The Labute approximate surface area is 123 Å². The van der Waals surface area contributed by atoms with Gasteiger partial charge in [0.25, 0.3) is 0 Å². The highest BCUT2D eigenvalue weighted by molar-refractivity contribution is 14.1. The van der Waals surface area contributed by atoms with Crippen LogP contribution in [0, 0.1) is 0 Å². The molecule has 1 aromatic carbocycles. The molecule has 0 unspecified atom stereocenters. The lowest BCUT2D eigenvalue weighted by atomic mass is 10.3. The van der Waals surface area contributed by atoms with E-state index in [0.717, 1.165) is 4.43 Å². The Morgan fingerprint density at radius 1 is 1.00 bits per heavy atom. The Morgan fingerprint density at radius 3 is 2.19 bits per heavy atom. The molecule has 0 radical (unpaired) electrons. The number of halogens is 4. The first-order valence-electron chi connectivity index (χ1n) is 4.56. The van der Waals surface area contributed by atoms with Crippen molar-refractivity contribution in [1.29, 1.82) is 0 Å². The molecule has 1 rings (SSSR count). The molecule has 0 saturated carbocycles. The van der Waals surface area contributed by atoms with Crippen LogP contribution < -0.4 is 4.74 Å². The minimum atomic E-state index is 0.409. The molecular formula is C10H10Cl3IO2. The Kier molecular flexibility index (Phi) is 7.16. The molecule has 0 fully saturated rings. The number of rotatable bonds is 6. The summed E-state index contributed by atoms with van der Waals surface area (Å²) in [5, 5.41) is 1.31. The highest BCUT2D eigenvalue weighted by Gasteiger charge is 2.08. The van der Waals surface area contributed by atoms with Crippen molar-refractivity contribution in [2.45, 2.75) is 0 Å². The first-order valence-corrected chi connectivity index (χ1v) is 7.22. The van der Waals surface area contributed by atoms with Crippen molar-refractivity contribution >= 4 is 57.4 Å². The van der Waals surface area contributed by atoms with E-state index in [4.69, 9.17) is 44.3 Å². The minimum Gasteiger partial charge on any atom is -0.488 e. The summed E-state index contributed by atoms with van der Waals surface area (Å²) >= 11 is 19.9. The molecule has 16 heavy (non-hydrogen) atoms. The molecule has 2 nitrogen and oxygen atoms in total. The number of benzene rings is 1. The number of hydrogen-bond donors (Lipinski definition) is 0. The highest BCUT2D eigenvalue weighted by atomic mass is 127. The van der Waals surface area contributed by atoms with E-state index in [0.29, 0.717) is 40.6 Å². The van der Waals surface area contributed by atoms with Crippen molar-refractivity contribution in [3.63, 3.8) is 0 Å². The molecule has 0 aliphatic carbocycles. The van der Waals surface area contributed by atoms with Crippen LogP contribution in [0.5, 0.6) is 5.75 Å². The standard InChI is InChI=1S/C10H10Cl3IO2/c11-7-5-8(12)10(9(13)6-7)16-4-3-15-2-1-14/h5-6H,1-4H2. The van der Waals surface area contributed by atoms with Gasteiger partial charge in [-0.2, -0.15) is 0 Å². The van der Waals surface area contributed by atoms with Crippen molar-refractivity contribution in [1.82, 2.24) is 0 Å². The van der Waals surface area contributed by atoms with E-state index >= 15 is 0 Å². The summed E-state index contributed by atoms with van der Waals surface area (Å²) in [5.74, 6) is 0.450. The van der Waals surface area contributed by atoms with E-state index in [2.05, 4.69) is 22.6 Å². The second-order valence-corrected chi connectivity index (χ2v) is 5.18. The molecule has 0 saturated heterocycles. The van der Waals surface area contributed by atoms with Crippen LogP contribution in [-0.2, 0) is 4.74 Å². The number of ether oxygens (including phenoxy) is 2. The van der Waals surface area contributed by atoms with Crippen LogP contribution in [0.1, 0.15) is 0 Å². The fourth-order valence-electron chi connectivity index (χ4n) is 1.03. The van der Waals surface area contributed by atoms with Gasteiger partial charge in [-0.05, 0) is 12.1 Å². The predicted octanol–water partition coefficient (Wildman–Crippen LogP) is 4.48. The van der Waals surface area contributed by atoms with Crippen LogP contribution in [0.15, 0.2) is 12.1 Å². The first kappa shape index (κ1) is 14.6. The van der Waals surface area contributed by atoms with E-state index in [1.807, 2.05) is 0 Å². The second-order valence-electron chi connectivity index (χ2n) is 2.85. The van der Waals surface area contributed by atoms with E-state index < -0.39 is 0 Å². The maximum atomic E-state index is 5.94. The quantitative estimate of drug-likeness (QED) is 0.402. The van der Waals surface area contributed by atoms with E-state index in [-0.39, 0.29) is 0 Å². The van der Waals surface area contributed by atoms with Gasteiger partial charge < -0.3 is 9.47 Å². The van der Waals surface area contributed by atoms with Gasteiger partial charge >= 0.3 is 0 Å². The molecule has 0 aliphatic rings. The van der Waals surface area contributed by atoms with Crippen molar-refractivity contribution in [3.05, 3.63) is 27.2 Å². The van der Waals surface area contributed by atoms with Crippen molar-refractivity contribution in [2.24, 2.45) is 0 Å². The molecule has 90 valence electrons. The fourth-order valence-corrected chi connectivity index (χ4v) is 2.26. The van der Waals surface area contributed by atoms with Crippen molar-refractivity contribution in [3.8, 4) is 5.75 Å². The molecule has 0 amide bonds. The van der Waals surface area contributed by atoms with Gasteiger partial charge in [-0.25, -0.2) is 0 Å². The minimum absolute atomic E-state index is 0.409. The SMILES string of the molecule is Clc1cc(Cl)c(OCCOCCI)c(Cl)c1. The lowest BCUT2D eigenvalue weighted by Crippen LogP contribution is -2.08. The highest BCUT2D eigenvalue weighted by Crippen LogP contribution is 2.35. The zero-order valence-electron chi connectivity index (χ0n) is 8.31. The molecule has 0 spiro atoms. The summed E-state index contributed by atoms with van der Waals surface area (Å²) in [5.41, 5.74) is 0. The lowest BCUT2D eigenvalue weighted by molar-refractivity contribution is 0.113. The third-order valence-corrected chi connectivity index (χ3v) is 2.88. The van der Waals surface area contributed by atoms with Crippen LogP contribution in [0.3, 0.4) is 0 Å². The summed E-state index contributed by atoms with van der Waals surface area (Å²) in [6.45, 7) is 1.64. The summed E-state index contributed by atoms with van der Waals surface area (Å²) in [4.78, 5) is 0. The number of alkyl halides is 1. The molecule has 6 heteroatoms. The molecule has 0 atom stereocenters. The van der Waals surface area contributed by atoms with Crippen LogP contribution in [0.2, 0.25) is 15.1 Å². The Bertz CT molecular complexity index is 324. The molecule has 0 N–H and O–H groups in total. The van der Waals surface area contributed by atoms with Crippen LogP contribution in [-0.4, -0.2) is 24.2 Å². The zero-order chi connectivity index (χ0) is 12.0. The largest absolute Gasteiger partial charge is 0.488 e. The molecular weight excluding hydrogens is 385 g/mol. The van der Waals surface area contributed by atoms with Gasteiger partial charge in [-0.15, -0.1) is 0 Å². The van der Waals surface area contributed by atoms with Gasteiger partial charge in [0, 0.05) is 9.45 Å². The molecule has 0 aliphatic heterocycles. The van der Waals surface area contributed by atoms with E-state index in [1.54, 1.807) is 12.1 Å². The fraction of sp³-hybridized carbons (Fsp3) is 0.400. The molecule has 0 heterocycles. The second kappa shape index (κ2) is 7.82. The average Bonchev–Trinajstić information content (AvgIpc) is 2.20. The van der Waals surface area contributed by atoms with E-state index in [9.17, 15) is 0 Å². The van der Waals surface area contributed by atoms with Gasteiger partial charge in [0.05, 0.1) is 23.3 Å². The van der Waals surface area contributed by atoms with Crippen molar-refractivity contribution in [2.75, 3.05) is 24.2 Å². The Hall–Kier alpha value is 0.580. The van der Waals surface area contributed by atoms with Gasteiger partial charge in [0.15, 0.2) is 5.75 Å². The topological polar surface area (TPSA) is 18.5 Å². The van der Waals surface area contributed by atoms with Gasteiger partial charge in [0.1, 0.15) is 6.61 Å². The first-order chi connectivity index (χ1) is 7.65. The maximum absolute atomic E-state index is 5.94. The third-order valence-electron chi connectivity index (χ3n) is 1.66. The molecule has 1 aromatic rings. The summed E-state index contributed by atoms with van der Waals surface area (Å²) in [6, 6.07) is 3.19. The van der Waals surface area contributed by atoms with Crippen LogP contribution >= 0.6 is 57.4 Å². The Morgan fingerprint density at radius 2 is 1.62 bits per heavy atom.